The fourth-order valence-electron chi connectivity index (χ4n) is 4.07. The van der Waals surface area contributed by atoms with Gasteiger partial charge in [-0.15, -0.1) is 0 Å². The van der Waals surface area contributed by atoms with E-state index >= 15 is 0 Å². The van der Waals surface area contributed by atoms with Gasteiger partial charge in [0.2, 0.25) is 0 Å². The molecule has 0 spiro atoms. The summed E-state index contributed by atoms with van der Waals surface area (Å²) >= 11 is 0. The molecule has 3 heterocycles. The Labute approximate surface area is 141 Å². The lowest BCUT2D eigenvalue weighted by Crippen LogP contribution is -2.51. The highest BCUT2D eigenvalue weighted by Crippen LogP contribution is 2.34. The van der Waals surface area contributed by atoms with Crippen molar-refractivity contribution < 1.29 is 5.11 Å². The minimum Gasteiger partial charge on any atom is -0.388 e. The minimum atomic E-state index is -0.847. The van der Waals surface area contributed by atoms with E-state index < -0.39 is 5.60 Å². The lowest BCUT2D eigenvalue weighted by Gasteiger charge is -2.37. The molecule has 2 fully saturated rings. The van der Waals surface area contributed by atoms with E-state index in [-0.39, 0.29) is 12.1 Å². The third-order valence-corrected chi connectivity index (χ3v) is 5.25. The van der Waals surface area contributed by atoms with Crippen LogP contribution in [0.2, 0.25) is 0 Å². The average Bonchev–Trinajstić information content (AvgIpc) is 2.90. The highest BCUT2D eigenvalue weighted by molar-refractivity contribution is 5.58. The third kappa shape index (κ3) is 3.01. The summed E-state index contributed by atoms with van der Waals surface area (Å²) < 4.78 is 1.43. The molecule has 24 heavy (non-hydrogen) atoms. The van der Waals surface area contributed by atoms with Gasteiger partial charge in [0.1, 0.15) is 0 Å². The number of rotatable bonds is 3. The van der Waals surface area contributed by atoms with Crippen molar-refractivity contribution in [3.63, 3.8) is 0 Å². The first kappa shape index (κ1) is 15.5. The zero-order valence-electron chi connectivity index (χ0n) is 13.9. The predicted octanol–water partition coefficient (Wildman–Crippen LogP) is 1.86. The SMILES string of the molecule is Cc1ccc(-c2ccc(=O)n(CC3(O)C[C@H]4CC[C@@H](C3)N4)n2)cc1. The van der Waals surface area contributed by atoms with Gasteiger partial charge < -0.3 is 10.4 Å². The van der Waals surface area contributed by atoms with Crippen LogP contribution in [0.4, 0.5) is 0 Å². The van der Waals surface area contributed by atoms with Crippen LogP contribution < -0.4 is 10.9 Å². The fourth-order valence-corrected chi connectivity index (χ4v) is 4.07. The maximum Gasteiger partial charge on any atom is 0.266 e. The van der Waals surface area contributed by atoms with Crippen molar-refractivity contribution in [2.24, 2.45) is 0 Å². The molecule has 0 saturated carbocycles. The summed E-state index contributed by atoms with van der Waals surface area (Å²) in [5, 5.41) is 19.0. The van der Waals surface area contributed by atoms with Crippen molar-refractivity contribution in [3.05, 3.63) is 52.3 Å². The highest BCUT2D eigenvalue weighted by atomic mass is 16.3. The van der Waals surface area contributed by atoms with Crippen molar-refractivity contribution in [1.29, 1.82) is 0 Å². The van der Waals surface area contributed by atoms with E-state index in [1.807, 2.05) is 31.2 Å². The van der Waals surface area contributed by atoms with E-state index in [1.54, 1.807) is 12.1 Å². The second-order valence-electron chi connectivity index (χ2n) is 7.35. The third-order valence-electron chi connectivity index (χ3n) is 5.25. The second-order valence-corrected chi connectivity index (χ2v) is 7.35. The van der Waals surface area contributed by atoms with Crippen LogP contribution in [-0.2, 0) is 6.54 Å². The Kier molecular flexibility index (Phi) is 3.77. The van der Waals surface area contributed by atoms with E-state index in [0.29, 0.717) is 24.9 Å². The van der Waals surface area contributed by atoms with Crippen molar-refractivity contribution in [2.45, 2.75) is 56.8 Å². The molecule has 2 aromatic rings. The lowest BCUT2D eigenvalue weighted by molar-refractivity contribution is -0.0249. The molecule has 2 aliphatic heterocycles. The van der Waals surface area contributed by atoms with E-state index in [9.17, 15) is 9.90 Å². The quantitative estimate of drug-likeness (QED) is 0.904. The summed E-state index contributed by atoms with van der Waals surface area (Å²) in [5.74, 6) is 0. The molecule has 1 aromatic heterocycles. The zero-order valence-corrected chi connectivity index (χ0v) is 13.9. The molecule has 126 valence electrons. The van der Waals surface area contributed by atoms with Crippen LogP contribution in [0.3, 0.4) is 0 Å². The van der Waals surface area contributed by atoms with E-state index in [2.05, 4.69) is 10.4 Å². The average molecular weight is 325 g/mol. The molecule has 0 amide bonds. The first-order valence-corrected chi connectivity index (χ1v) is 8.64. The Morgan fingerprint density at radius 3 is 2.50 bits per heavy atom. The van der Waals surface area contributed by atoms with Crippen molar-refractivity contribution in [2.75, 3.05) is 0 Å². The number of piperidine rings is 1. The van der Waals surface area contributed by atoms with Crippen LogP contribution in [0.1, 0.15) is 31.2 Å². The molecule has 5 nitrogen and oxygen atoms in total. The molecule has 2 bridgehead atoms. The molecule has 2 saturated heterocycles. The van der Waals surface area contributed by atoms with Crippen LogP contribution >= 0.6 is 0 Å². The van der Waals surface area contributed by atoms with Crippen molar-refractivity contribution in [1.82, 2.24) is 15.1 Å². The van der Waals surface area contributed by atoms with Gasteiger partial charge in [0.05, 0.1) is 17.8 Å². The lowest BCUT2D eigenvalue weighted by atomic mass is 9.87. The molecule has 0 aliphatic carbocycles. The van der Waals surface area contributed by atoms with Crippen LogP contribution in [0.15, 0.2) is 41.2 Å². The van der Waals surface area contributed by atoms with Crippen LogP contribution in [0.5, 0.6) is 0 Å². The minimum absolute atomic E-state index is 0.162. The number of nitrogens with one attached hydrogen (secondary N) is 1. The van der Waals surface area contributed by atoms with Crippen LogP contribution in [-0.4, -0.2) is 32.6 Å². The molecule has 2 N–H and O–H groups in total. The number of nitrogens with zero attached hydrogens (tertiary/aromatic N) is 2. The number of aliphatic hydroxyl groups is 1. The Morgan fingerprint density at radius 1 is 1.17 bits per heavy atom. The van der Waals surface area contributed by atoms with Gasteiger partial charge in [-0.3, -0.25) is 4.79 Å². The normalized spacial score (nSPS) is 28.9. The summed E-state index contributed by atoms with van der Waals surface area (Å²) in [4.78, 5) is 12.2. The van der Waals surface area contributed by atoms with Gasteiger partial charge in [0.25, 0.3) is 5.56 Å². The standard InChI is InChI=1S/C19H23N3O2/c1-13-2-4-14(5-3-13)17-8-9-18(23)22(21-17)12-19(24)10-15-6-7-16(11-19)20-15/h2-5,8-9,15-16,20,24H,6-7,10-12H2,1H3/t15-,16+,19?. The van der Waals surface area contributed by atoms with Gasteiger partial charge in [0, 0.05) is 23.7 Å². The number of fused-ring (bicyclic) bond motifs is 2. The topological polar surface area (TPSA) is 67.2 Å². The van der Waals surface area contributed by atoms with Gasteiger partial charge in [0.15, 0.2) is 0 Å². The molecule has 5 heteroatoms. The smallest absolute Gasteiger partial charge is 0.266 e. The Morgan fingerprint density at radius 2 is 1.83 bits per heavy atom. The fraction of sp³-hybridized carbons (Fsp3) is 0.474. The van der Waals surface area contributed by atoms with E-state index in [0.717, 1.165) is 24.1 Å². The number of aryl methyl sites for hydroxylation is 1. The summed E-state index contributed by atoms with van der Waals surface area (Å²) in [7, 11) is 0. The maximum atomic E-state index is 12.2. The Hall–Kier alpha value is -1.98. The first-order chi connectivity index (χ1) is 11.5. The van der Waals surface area contributed by atoms with E-state index in [1.165, 1.54) is 10.2 Å². The van der Waals surface area contributed by atoms with Gasteiger partial charge >= 0.3 is 0 Å². The van der Waals surface area contributed by atoms with Gasteiger partial charge in [-0.25, -0.2) is 4.68 Å². The zero-order chi connectivity index (χ0) is 16.7. The Bertz CT molecular complexity index is 785. The summed E-state index contributed by atoms with van der Waals surface area (Å²) in [6.45, 7) is 2.30. The molecular formula is C19H23N3O2. The molecule has 2 aliphatic rings. The highest BCUT2D eigenvalue weighted by Gasteiger charge is 2.42. The predicted molar refractivity (Wildman–Crippen MR) is 92.8 cm³/mol. The summed E-state index contributed by atoms with van der Waals surface area (Å²) in [5.41, 5.74) is 1.92. The van der Waals surface area contributed by atoms with E-state index in [4.69, 9.17) is 0 Å². The van der Waals surface area contributed by atoms with Crippen LogP contribution in [0, 0.1) is 6.92 Å². The molecule has 3 atom stereocenters. The Balaban J connectivity index is 1.62. The molecular weight excluding hydrogens is 302 g/mol. The second kappa shape index (κ2) is 5.83. The maximum absolute atomic E-state index is 12.2. The molecule has 1 unspecified atom stereocenters. The number of benzene rings is 1. The van der Waals surface area contributed by atoms with Gasteiger partial charge in [-0.1, -0.05) is 29.8 Å². The van der Waals surface area contributed by atoms with Gasteiger partial charge in [-0.05, 0) is 38.7 Å². The largest absolute Gasteiger partial charge is 0.388 e. The molecule has 4 rings (SSSR count). The number of hydrogen-bond acceptors (Lipinski definition) is 4. The number of aromatic nitrogens is 2. The molecule has 1 aromatic carbocycles. The summed E-state index contributed by atoms with van der Waals surface area (Å²) in [6.07, 6.45) is 3.59. The van der Waals surface area contributed by atoms with Crippen molar-refractivity contribution in [3.8, 4) is 11.3 Å². The van der Waals surface area contributed by atoms with Gasteiger partial charge in [-0.2, -0.15) is 5.10 Å². The summed E-state index contributed by atoms with van der Waals surface area (Å²) in [6, 6.07) is 12.1. The van der Waals surface area contributed by atoms with Crippen molar-refractivity contribution >= 4 is 0 Å². The molecule has 0 radical (unpaired) electrons. The van der Waals surface area contributed by atoms with Crippen LogP contribution in [0.25, 0.3) is 11.3 Å². The number of hydrogen-bond donors (Lipinski definition) is 2. The first-order valence-electron chi connectivity index (χ1n) is 8.64. The monoisotopic (exact) mass is 325 g/mol.